The van der Waals surface area contributed by atoms with Crippen molar-refractivity contribution in [3.05, 3.63) is 38.9 Å². The number of nitro groups is 1. The Balaban J connectivity index is 2.05. The lowest BCUT2D eigenvalue weighted by molar-refractivity contribution is -0.385. The van der Waals surface area contributed by atoms with Gasteiger partial charge in [0.1, 0.15) is 0 Å². The number of carbonyl (C=O) groups is 1. The minimum absolute atomic E-state index is 0.0316. The number of nitro benzene ring substituents is 1. The Morgan fingerprint density at radius 2 is 2.20 bits per heavy atom. The second-order valence-electron chi connectivity index (χ2n) is 5.87. The van der Waals surface area contributed by atoms with Gasteiger partial charge in [-0.2, -0.15) is 0 Å². The predicted octanol–water partition coefficient (Wildman–Crippen LogP) is 2.70. The van der Waals surface area contributed by atoms with Crippen LogP contribution in [0.25, 0.3) is 0 Å². The number of halogens is 1. The molecule has 2 aliphatic rings. The van der Waals surface area contributed by atoms with Gasteiger partial charge in [-0.1, -0.05) is 16.8 Å². The SMILES string of the molecule is CCOC(=O)C1=NOC(N2CCCC2)C1c1cc(Cl)ccc1[N+](=O)[O-]. The smallest absolute Gasteiger partial charge is 0.356 e. The molecule has 2 unspecified atom stereocenters. The lowest BCUT2D eigenvalue weighted by Gasteiger charge is -2.26. The number of rotatable bonds is 5. The normalized spacial score (nSPS) is 23.2. The Labute approximate surface area is 149 Å². The van der Waals surface area contributed by atoms with Crippen LogP contribution < -0.4 is 0 Å². The molecule has 0 spiro atoms. The van der Waals surface area contributed by atoms with Crippen molar-refractivity contribution in [1.82, 2.24) is 4.90 Å². The number of likely N-dealkylation sites (tertiary alicyclic amines) is 1. The summed E-state index contributed by atoms with van der Waals surface area (Å²) in [5, 5.41) is 15.7. The van der Waals surface area contributed by atoms with E-state index >= 15 is 0 Å². The maximum Gasteiger partial charge on any atom is 0.356 e. The van der Waals surface area contributed by atoms with Gasteiger partial charge in [-0.15, -0.1) is 0 Å². The Morgan fingerprint density at radius 1 is 1.48 bits per heavy atom. The van der Waals surface area contributed by atoms with Crippen LogP contribution in [0.4, 0.5) is 5.69 Å². The molecule has 2 atom stereocenters. The number of ether oxygens (including phenoxy) is 1. The van der Waals surface area contributed by atoms with E-state index in [1.807, 2.05) is 4.90 Å². The summed E-state index contributed by atoms with van der Waals surface area (Å²) in [6.45, 7) is 3.42. The molecular formula is C16H18ClN3O5. The van der Waals surface area contributed by atoms with Gasteiger partial charge < -0.3 is 9.57 Å². The molecule has 134 valence electrons. The quantitative estimate of drug-likeness (QED) is 0.451. The molecule has 25 heavy (non-hydrogen) atoms. The highest BCUT2D eigenvalue weighted by Gasteiger charge is 2.46. The number of nitrogens with zero attached hydrogens (tertiary/aromatic N) is 3. The summed E-state index contributed by atoms with van der Waals surface area (Å²) in [4.78, 5) is 30.8. The molecule has 1 saturated heterocycles. The molecule has 3 rings (SSSR count). The van der Waals surface area contributed by atoms with Crippen LogP contribution in [0.3, 0.4) is 0 Å². The summed E-state index contributed by atoms with van der Waals surface area (Å²) < 4.78 is 5.05. The standard InChI is InChI=1S/C16H18ClN3O5/c1-2-24-16(21)14-13(15(25-18-14)19-7-3-4-8-19)11-9-10(17)5-6-12(11)20(22)23/h5-6,9,13,15H,2-4,7-8H2,1H3. The monoisotopic (exact) mass is 367 g/mol. The molecule has 0 aromatic heterocycles. The second-order valence-corrected chi connectivity index (χ2v) is 6.31. The third-order valence-corrected chi connectivity index (χ3v) is 4.58. The lowest BCUT2D eigenvalue weighted by atomic mass is 9.90. The zero-order valence-corrected chi connectivity index (χ0v) is 14.4. The zero-order valence-electron chi connectivity index (χ0n) is 13.7. The van der Waals surface area contributed by atoms with Gasteiger partial charge in [-0.25, -0.2) is 4.79 Å². The first-order valence-electron chi connectivity index (χ1n) is 8.11. The van der Waals surface area contributed by atoms with Crippen molar-refractivity contribution in [3.63, 3.8) is 0 Å². The minimum atomic E-state index is -0.726. The Kier molecular flexibility index (Phi) is 5.19. The van der Waals surface area contributed by atoms with Gasteiger partial charge in [0.25, 0.3) is 5.69 Å². The molecule has 2 heterocycles. The van der Waals surface area contributed by atoms with Crippen molar-refractivity contribution in [2.24, 2.45) is 5.16 Å². The van der Waals surface area contributed by atoms with E-state index in [1.165, 1.54) is 18.2 Å². The fourth-order valence-electron chi connectivity index (χ4n) is 3.25. The van der Waals surface area contributed by atoms with Crippen LogP contribution in [0.1, 0.15) is 31.2 Å². The van der Waals surface area contributed by atoms with E-state index in [1.54, 1.807) is 6.92 Å². The maximum absolute atomic E-state index is 12.3. The topological polar surface area (TPSA) is 94.3 Å². The number of hydrogen-bond donors (Lipinski definition) is 0. The molecule has 0 bridgehead atoms. The Bertz CT molecular complexity index is 718. The van der Waals surface area contributed by atoms with Gasteiger partial charge in [-0.05, 0) is 31.9 Å². The molecular weight excluding hydrogens is 350 g/mol. The van der Waals surface area contributed by atoms with Gasteiger partial charge in [0.15, 0.2) is 11.9 Å². The average Bonchev–Trinajstić information content (AvgIpc) is 3.23. The summed E-state index contributed by atoms with van der Waals surface area (Å²) in [6, 6.07) is 4.28. The van der Waals surface area contributed by atoms with Crippen molar-refractivity contribution in [3.8, 4) is 0 Å². The number of benzene rings is 1. The molecule has 0 saturated carbocycles. The zero-order chi connectivity index (χ0) is 18.0. The molecule has 2 aliphatic heterocycles. The van der Waals surface area contributed by atoms with E-state index < -0.39 is 23.0 Å². The van der Waals surface area contributed by atoms with E-state index in [4.69, 9.17) is 21.2 Å². The van der Waals surface area contributed by atoms with Crippen LogP contribution in [-0.2, 0) is 14.4 Å². The van der Waals surface area contributed by atoms with E-state index in [0.29, 0.717) is 10.6 Å². The number of esters is 1. The first-order valence-corrected chi connectivity index (χ1v) is 8.49. The van der Waals surface area contributed by atoms with Gasteiger partial charge in [0.2, 0.25) is 0 Å². The lowest BCUT2D eigenvalue weighted by Crippen LogP contribution is -2.40. The summed E-state index contributed by atoms with van der Waals surface area (Å²) in [7, 11) is 0. The van der Waals surface area contributed by atoms with Crippen molar-refractivity contribution >= 4 is 29.0 Å². The first kappa shape index (κ1) is 17.6. The molecule has 1 fully saturated rings. The van der Waals surface area contributed by atoms with Crippen LogP contribution in [0.2, 0.25) is 5.02 Å². The van der Waals surface area contributed by atoms with Crippen LogP contribution in [0.5, 0.6) is 0 Å². The molecule has 9 heteroatoms. The van der Waals surface area contributed by atoms with Crippen LogP contribution in [0.15, 0.2) is 23.4 Å². The third kappa shape index (κ3) is 3.45. The Morgan fingerprint density at radius 3 is 2.84 bits per heavy atom. The summed E-state index contributed by atoms with van der Waals surface area (Å²) in [5.41, 5.74) is 0.212. The number of carbonyl (C=O) groups excluding carboxylic acids is 1. The van der Waals surface area contributed by atoms with Crippen molar-refractivity contribution < 1.29 is 19.3 Å². The molecule has 8 nitrogen and oxygen atoms in total. The highest BCUT2D eigenvalue weighted by Crippen LogP contribution is 2.39. The molecule has 0 aliphatic carbocycles. The molecule has 0 N–H and O–H groups in total. The molecule has 0 amide bonds. The predicted molar refractivity (Wildman–Crippen MR) is 90.6 cm³/mol. The van der Waals surface area contributed by atoms with Gasteiger partial charge >= 0.3 is 5.97 Å². The highest BCUT2D eigenvalue weighted by molar-refractivity contribution is 6.39. The van der Waals surface area contributed by atoms with E-state index in [2.05, 4.69) is 5.16 Å². The molecule has 0 radical (unpaired) electrons. The van der Waals surface area contributed by atoms with Crippen molar-refractivity contribution in [2.75, 3.05) is 19.7 Å². The van der Waals surface area contributed by atoms with Crippen molar-refractivity contribution in [2.45, 2.75) is 31.9 Å². The van der Waals surface area contributed by atoms with E-state index in [0.717, 1.165) is 25.9 Å². The first-order chi connectivity index (χ1) is 12.0. The third-order valence-electron chi connectivity index (χ3n) is 4.35. The Hall–Kier alpha value is -2.19. The van der Waals surface area contributed by atoms with Crippen LogP contribution in [-0.4, -0.2) is 47.4 Å². The summed E-state index contributed by atoms with van der Waals surface area (Å²) >= 11 is 6.06. The summed E-state index contributed by atoms with van der Waals surface area (Å²) in [5.74, 6) is -1.36. The van der Waals surface area contributed by atoms with Gasteiger partial charge in [0.05, 0.1) is 17.4 Å². The fourth-order valence-corrected chi connectivity index (χ4v) is 3.43. The largest absolute Gasteiger partial charge is 0.461 e. The molecule has 1 aromatic carbocycles. The average molecular weight is 368 g/mol. The van der Waals surface area contributed by atoms with Gasteiger partial charge in [-0.3, -0.25) is 15.0 Å². The van der Waals surface area contributed by atoms with Crippen LogP contribution >= 0.6 is 11.6 Å². The van der Waals surface area contributed by atoms with E-state index in [-0.39, 0.29) is 18.0 Å². The molecule has 1 aromatic rings. The number of hydrogen-bond acceptors (Lipinski definition) is 7. The summed E-state index contributed by atoms with van der Waals surface area (Å²) in [6.07, 6.45) is 1.41. The number of oxime groups is 1. The minimum Gasteiger partial charge on any atom is -0.461 e. The fraction of sp³-hybridized carbons (Fsp3) is 0.500. The van der Waals surface area contributed by atoms with Crippen molar-refractivity contribution in [1.29, 1.82) is 0 Å². The van der Waals surface area contributed by atoms with Gasteiger partial charge in [0, 0.05) is 29.7 Å². The van der Waals surface area contributed by atoms with Crippen LogP contribution in [0, 0.1) is 10.1 Å². The highest BCUT2D eigenvalue weighted by atomic mass is 35.5. The maximum atomic E-state index is 12.3. The second kappa shape index (κ2) is 7.37. The van der Waals surface area contributed by atoms with E-state index in [9.17, 15) is 14.9 Å².